The molecule has 0 saturated heterocycles. The summed E-state index contributed by atoms with van der Waals surface area (Å²) in [5, 5.41) is 0. The van der Waals surface area contributed by atoms with E-state index in [0.29, 0.717) is 23.9 Å². The maximum atomic E-state index is 12.7. The zero-order chi connectivity index (χ0) is 45.7. The Hall–Kier alpha value is -3.33. The van der Waals surface area contributed by atoms with Gasteiger partial charge in [0.25, 0.3) is 0 Å². The molecule has 9 nitrogen and oxygen atoms in total. The third kappa shape index (κ3) is 46.2. The zero-order valence-corrected chi connectivity index (χ0v) is 40.4. The summed E-state index contributed by atoms with van der Waals surface area (Å²) in [6, 6.07) is 0. The summed E-state index contributed by atoms with van der Waals surface area (Å²) in [7, 11) is 1.40. The minimum atomic E-state index is -4.41. The molecule has 0 spiro atoms. The highest BCUT2D eigenvalue weighted by atomic mass is 31.2. The number of quaternary nitrogens is 1. The predicted molar refractivity (Wildman–Crippen MR) is 261 cm³/mol. The molecule has 1 N–H and O–H groups in total. The van der Waals surface area contributed by atoms with Crippen molar-refractivity contribution in [2.24, 2.45) is 0 Å². The van der Waals surface area contributed by atoms with Gasteiger partial charge in [0, 0.05) is 12.8 Å². The quantitative estimate of drug-likeness (QED) is 0.0213. The highest BCUT2D eigenvalue weighted by Gasteiger charge is 2.27. The van der Waals surface area contributed by atoms with Crippen LogP contribution in [0.1, 0.15) is 155 Å². The van der Waals surface area contributed by atoms with Crippen LogP contribution in [0.5, 0.6) is 0 Å². The van der Waals surface area contributed by atoms with Crippen molar-refractivity contribution in [3.05, 3.63) is 109 Å². The summed E-state index contributed by atoms with van der Waals surface area (Å²) in [5.74, 6) is -0.942. The van der Waals surface area contributed by atoms with Crippen LogP contribution in [0.15, 0.2) is 109 Å². The smallest absolute Gasteiger partial charge is 0.462 e. The first-order valence-corrected chi connectivity index (χ1v) is 25.1. The average Bonchev–Trinajstić information content (AvgIpc) is 3.23. The Bertz CT molecular complexity index is 1420. The van der Waals surface area contributed by atoms with Gasteiger partial charge in [-0.05, 0) is 96.3 Å². The molecular formula is C52H87NO8P+. The average molecular weight is 885 g/mol. The molecule has 10 heteroatoms. The Labute approximate surface area is 378 Å². The van der Waals surface area contributed by atoms with Crippen LogP contribution in [-0.2, 0) is 32.7 Å². The molecule has 0 aliphatic carbocycles. The van der Waals surface area contributed by atoms with Gasteiger partial charge in [-0.3, -0.25) is 18.6 Å². The lowest BCUT2D eigenvalue weighted by atomic mass is 10.1. The third-order valence-corrected chi connectivity index (χ3v) is 10.3. The monoisotopic (exact) mass is 885 g/mol. The van der Waals surface area contributed by atoms with Gasteiger partial charge in [-0.25, -0.2) is 4.57 Å². The van der Waals surface area contributed by atoms with E-state index in [1.807, 2.05) is 33.3 Å². The van der Waals surface area contributed by atoms with E-state index in [9.17, 15) is 19.0 Å². The van der Waals surface area contributed by atoms with E-state index in [2.05, 4.69) is 111 Å². The number of hydrogen-bond acceptors (Lipinski definition) is 7. The maximum Gasteiger partial charge on any atom is 0.472 e. The number of phosphoric acid groups is 1. The van der Waals surface area contributed by atoms with E-state index in [0.717, 1.165) is 64.2 Å². The van der Waals surface area contributed by atoms with Crippen molar-refractivity contribution in [2.45, 2.75) is 161 Å². The Balaban J connectivity index is 4.53. The Kier molecular flexibility index (Phi) is 40.6. The van der Waals surface area contributed by atoms with Crippen molar-refractivity contribution in [2.75, 3.05) is 47.5 Å². The summed E-state index contributed by atoms with van der Waals surface area (Å²) >= 11 is 0. The van der Waals surface area contributed by atoms with Crippen LogP contribution in [0.25, 0.3) is 0 Å². The van der Waals surface area contributed by atoms with Gasteiger partial charge in [0.1, 0.15) is 19.8 Å². The molecule has 0 heterocycles. The molecule has 62 heavy (non-hydrogen) atoms. The van der Waals surface area contributed by atoms with Crippen molar-refractivity contribution < 1.29 is 42.1 Å². The lowest BCUT2D eigenvalue weighted by Gasteiger charge is -2.24. The van der Waals surface area contributed by atoms with Crippen molar-refractivity contribution in [3.8, 4) is 0 Å². The summed E-state index contributed by atoms with van der Waals surface area (Å²) in [6.45, 7) is 4.22. The highest BCUT2D eigenvalue weighted by molar-refractivity contribution is 7.47. The number of phosphoric ester groups is 1. The molecule has 0 bridgehead atoms. The van der Waals surface area contributed by atoms with E-state index in [1.165, 1.54) is 51.4 Å². The standard InChI is InChI=1S/C52H86NO8P/c1-6-8-10-12-14-16-18-20-22-24-26-28-30-32-34-36-38-40-42-44-51(54)58-48-50(49-60-62(56,57)59-47-46-53(3,4)5)61-52(55)45-43-41-39-37-35-33-31-29-27-25-23-21-19-17-15-13-11-9-7-2/h14-17,20-23,26-29,32-35,38,40,50H,6-13,18-19,24-25,30-31,36-37,39,41-49H2,1-5H3/p+1/b16-14-,17-15-,22-20-,23-21-,28-26-,29-27-,34-32-,35-33-,40-38-/t50-/m1/s1. The van der Waals surface area contributed by atoms with Crippen LogP contribution in [0.2, 0.25) is 0 Å². The number of carbonyl (C=O) groups excluding carboxylic acids is 2. The van der Waals surface area contributed by atoms with Gasteiger partial charge in [0.15, 0.2) is 6.10 Å². The molecule has 0 saturated carbocycles. The fraction of sp³-hybridized carbons (Fsp3) is 0.615. The number of hydrogen-bond donors (Lipinski definition) is 1. The van der Waals surface area contributed by atoms with Crippen LogP contribution in [0, 0.1) is 0 Å². The molecule has 2 atom stereocenters. The van der Waals surface area contributed by atoms with E-state index in [4.69, 9.17) is 18.5 Å². The second kappa shape index (κ2) is 42.9. The van der Waals surface area contributed by atoms with Gasteiger partial charge in [0.05, 0.1) is 27.7 Å². The topological polar surface area (TPSA) is 108 Å². The van der Waals surface area contributed by atoms with Crippen LogP contribution >= 0.6 is 7.82 Å². The predicted octanol–water partition coefficient (Wildman–Crippen LogP) is 13.9. The Morgan fingerprint density at radius 1 is 0.500 bits per heavy atom. The summed E-state index contributed by atoms with van der Waals surface area (Å²) in [5.41, 5.74) is 0. The normalized spacial score (nSPS) is 14.5. The molecule has 0 radical (unpaired) electrons. The lowest BCUT2D eigenvalue weighted by molar-refractivity contribution is -0.870. The summed E-state index contributed by atoms with van der Waals surface area (Å²) < 4.78 is 34.2. The lowest BCUT2D eigenvalue weighted by Crippen LogP contribution is -2.37. The number of allylic oxidation sites excluding steroid dienone is 18. The first kappa shape index (κ1) is 58.7. The zero-order valence-electron chi connectivity index (χ0n) is 39.6. The summed E-state index contributed by atoms with van der Waals surface area (Å²) in [4.78, 5) is 35.4. The van der Waals surface area contributed by atoms with Gasteiger partial charge in [-0.15, -0.1) is 0 Å². The number of unbranched alkanes of at least 4 members (excludes halogenated alkanes) is 9. The van der Waals surface area contributed by atoms with Gasteiger partial charge < -0.3 is 18.9 Å². The number of carbonyl (C=O) groups is 2. The minimum Gasteiger partial charge on any atom is -0.462 e. The van der Waals surface area contributed by atoms with Crippen LogP contribution in [-0.4, -0.2) is 74.9 Å². The SMILES string of the molecule is CCCCC/C=C\C/C=C\C/C=C\C/C=C\C/C=C\CCC(=O)OC[C@H](COP(=O)(O)OCC[N+](C)(C)C)OC(=O)CCCCC/C=C\C/C=C\C/C=C\C/C=C\CCCCC. The molecule has 352 valence electrons. The number of likely N-dealkylation sites (N-methyl/N-ethyl adjacent to an activating group) is 1. The Morgan fingerprint density at radius 2 is 0.903 bits per heavy atom. The number of rotatable bonds is 41. The second-order valence-electron chi connectivity index (χ2n) is 16.4. The molecule has 0 rings (SSSR count). The molecule has 0 aromatic heterocycles. The van der Waals surface area contributed by atoms with Crippen molar-refractivity contribution >= 4 is 19.8 Å². The maximum absolute atomic E-state index is 12.7. The minimum absolute atomic E-state index is 0.00765. The van der Waals surface area contributed by atoms with Crippen molar-refractivity contribution in [1.82, 2.24) is 0 Å². The number of esters is 2. The fourth-order valence-corrected chi connectivity index (χ4v) is 6.31. The van der Waals surface area contributed by atoms with Gasteiger partial charge >= 0.3 is 19.8 Å². The molecule has 0 aromatic rings. The highest BCUT2D eigenvalue weighted by Crippen LogP contribution is 2.43. The van der Waals surface area contributed by atoms with Crippen molar-refractivity contribution in [3.63, 3.8) is 0 Å². The van der Waals surface area contributed by atoms with E-state index >= 15 is 0 Å². The van der Waals surface area contributed by atoms with Gasteiger partial charge in [-0.1, -0.05) is 155 Å². The van der Waals surface area contributed by atoms with Crippen LogP contribution in [0.3, 0.4) is 0 Å². The first-order chi connectivity index (χ1) is 30.0. The number of nitrogens with zero attached hydrogens (tertiary/aromatic N) is 1. The molecular weight excluding hydrogens is 798 g/mol. The molecule has 0 aromatic carbocycles. The van der Waals surface area contributed by atoms with E-state index in [-0.39, 0.29) is 26.1 Å². The van der Waals surface area contributed by atoms with Gasteiger partial charge in [0.2, 0.25) is 0 Å². The largest absolute Gasteiger partial charge is 0.472 e. The van der Waals surface area contributed by atoms with Crippen molar-refractivity contribution in [1.29, 1.82) is 0 Å². The molecule has 1 unspecified atom stereocenters. The van der Waals surface area contributed by atoms with Crippen LogP contribution in [0.4, 0.5) is 0 Å². The fourth-order valence-electron chi connectivity index (χ4n) is 5.57. The number of ether oxygens (including phenoxy) is 2. The molecule has 0 fully saturated rings. The second-order valence-corrected chi connectivity index (χ2v) is 17.9. The molecule has 0 amide bonds. The third-order valence-electron chi connectivity index (χ3n) is 9.29. The van der Waals surface area contributed by atoms with Gasteiger partial charge in [-0.2, -0.15) is 0 Å². The van der Waals surface area contributed by atoms with Crippen LogP contribution < -0.4 is 0 Å². The van der Waals surface area contributed by atoms with E-state index in [1.54, 1.807) is 0 Å². The Morgan fingerprint density at radius 3 is 1.32 bits per heavy atom. The molecule has 0 aliphatic rings. The van der Waals surface area contributed by atoms with E-state index < -0.39 is 32.5 Å². The first-order valence-electron chi connectivity index (χ1n) is 23.6. The molecule has 0 aliphatic heterocycles. The summed E-state index contributed by atoms with van der Waals surface area (Å²) in [6.07, 6.45) is 58.7.